The minimum absolute atomic E-state index is 0.110. The third-order valence-electron chi connectivity index (χ3n) is 5.64. The average Bonchev–Trinajstić information content (AvgIpc) is 2.62. The SMILES string of the molecule is COc1ccc(CN2CCC3=C(C)C(=O)CCC3(C)C2=O)c(OC)c1. The lowest BCUT2D eigenvalue weighted by molar-refractivity contribution is -0.143. The van der Waals surface area contributed by atoms with Crippen molar-refractivity contribution in [3.63, 3.8) is 0 Å². The number of hydrogen-bond donors (Lipinski definition) is 0. The predicted molar refractivity (Wildman–Crippen MR) is 94.6 cm³/mol. The quantitative estimate of drug-likeness (QED) is 0.843. The molecule has 25 heavy (non-hydrogen) atoms. The van der Waals surface area contributed by atoms with Crippen LogP contribution in [0, 0.1) is 5.41 Å². The molecule has 1 aromatic rings. The monoisotopic (exact) mass is 343 g/mol. The summed E-state index contributed by atoms with van der Waals surface area (Å²) in [4.78, 5) is 27.1. The number of benzene rings is 1. The van der Waals surface area contributed by atoms with Crippen LogP contribution in [0.4, 0.5) is 0 Å². The van der Waals surface area contributed by atoms with Crippen LogP contribution >= 0.6 is 0 Å². The summed E-state index contributed by atoms with van der Waals surface area (Å²) in [6, 6.07) is 5.65. The highest BCUT2D eigenvalue weighted by molar-refractivity contribution is 6.00. The molecule has 0 bridgehead atoms. The Morgan fingerprint density at radius 1 is 1.16 bits per heavy atom. The zero-order chi connectivity index (χ0) is 18.2. The number of hydrogen-bond acceptors (Lipinski definition) is 4. The van der Waals surface area contributed by atoms with Crippen molar-refractivity contribution in [2.45, 2.75) is 39.7 Å². The van der Waals surface area contributed by atoms with Crippen LogP contribution < -0.4 is 9.47 Å². The molecule has 1 atom stereocenters. The third-order valence-corrected chi connectivity index (χ3v) is 5.64. The number of ether oxygens (including phenoxy) is 2. The van der Waals surface area contributed by atoms with Crippen LogP contribution in [0.3, 0.4) is 0 Å². The number of nitrogens with zero attached hydrogens (tertiary/aromatic N) is 1. The molecule has 0 radical (unpaired) electrons. The number of rotatable bonds is 4. The molecule has 0 spiro atoms. The van der Waals surface area contributed by atoms with Gasteiger partial charge in [0.1, 0.15) is 11.5 Å². The van der Waals surface area contributed by atoms with Gasteiger partial charge in [0.15, 0.2) is 5.78 Å². The van der Waals surface area contributed by atoms with Crippen molar-refractivity contribution in [3.05, 3.63) is 34.9 Å². The van der Waals surface area contributed by atoms with Gasteiger partial charge in [0.2, 0.25) is 5.91 Å². The van der Waals surface area contributed by atoms with E-state index in [4.69, 9.17) is 9.47 Å². The highest BCUT2D eigenvalue weighted by Crippen LogP contribution is 2.45. The van der Waals surface area contributed by atoms with Gasteiger partial charge in [-0.05, 0) is 50.0 Å². The van der Waals surface area contributed by atoms with Gasteiger partial charge in [-0.2, -0.15) is 0 Å². The molecule has 2 aliphatic rings. The molecule has 0 aromatic heterocycles. The van der Waals surface area contributed by atoms with Gasteiger partial charge in [0.25, 0.3) is 0 Å². The molecule has 1 aliphatic heterocycles. The Morgan fingerprint density at radius 3 is 2.60 bits per heavy atom. The van der Waals surface area contributed by atoms with Gasteiger partial charge in [-0.3, -0.25) is 9.59 Å². The first-order valence-electron chi connectivity index (χ1n) is 8.64. The molecule has 5 heteroatoms. The Hall–Kier alpha value is -2.30. The van der Waals surface area contributed by atoms with E-state index in [0.29, 0.717) is 31.7 Å². The summed E-state index contributed by atoms with van der Waals surface area (Å²) in [5.41, 5.74) is 2.24. The number of Topliss-reactive ketones (excluding diaryl/α,β-unsaturated/α-hetero) is 1. The summed E-state index contributed by atoms with van der Waals surface area (Å²) >= 11 is 0. The fraction of sp³-hybridized carbons (Fsp3) is 0.500. The maximum absolute atomic E-state index is 13.2. The Labute approximate surface area is 148 Å². The van der Waals surface area contributed by atoms with E-state index >= 15 is 0 Å². The fourth-order valence-electron chi connectivity index (χ4n) is 4.02. The first kappa shape index (κ1) is 17.5. The molecule has 0 saturated carbocycles. The van der Waals surface area contributed by atoms with Crippen molar-refractivity contribution in [1.82, 2.24) is 4.90 Å². The lowest BCUT2D eigenvalue weighted by Crippen LogP contribution is -2.50. The molecular weight excluding hydrogens is 318 g/mol. The normalized spacial score (nSPS) is 23.6. The van der Waals surface area contributed by atoms with Crippen LogP contribution in [0.25, 0.3) is 0 Å². The van der Waals surface area contributed by atoms with Gasteiger partial charge in [-0.1, -0.05) is 0 Å². The van der Waals surface area contributed by atoms with Crippen molar-refractivity contribution < 1.29 is 19.1 Å². The smallest absolute Gasteiger partial charge is 0.232 e. The van der Waals surface area contributed by atoms with Crippen molar-refractivity contribution >= 4 is 11.7 Å². The minimum Gasteiger partial charge on any atom is -0.497 e. The van der Waals surface area contributed by atoms with E-state index in [1.807, 2.05) is 36.9 Å². The second kappa shape index (κ2) is 6.54. The molecule has 1 saturated heterocycles. The van der Waals surface area contributed by atoms with Gasteiger partial charge in [-0.15, -0.1) is 0 Å². The van der Waals surface area contributed by atoms with Gasteiger partial charge in [-0.25, -0.2) is 0 Å². The predicted octanol–water partition coefficient (Wildman–Crippen LogP) is 3.12. The van der Waals surface area contributed by atoms with Gasteiger partial charge in [0, 0.05) is 31.1 Å². The van der Waals surface area contributed by atoms with Gasteiger partial charge >= 0.3 is 0 Å². The molecule has 1 aliphatic carbocycles. The number of piperidine rings is 1. The van der Waals surface area contributed by atoms with Crippen molar-refractivity contribution in [2.75, 3.05) is 20.8 Å². The Balaban J connectivity index is 1.87. The third kappa shape index (κ3) is 2.92. The molecule has 5 nitrogen and oxygen atoms in total. The number of methoxy groups -OCH3 is 2. The summed E-state index contributed by atoms with van der Waals surface area (Å²) in [7, 11) is 3.23. The van der Waals surface area contributed by atoms with Crippen LogP contribution in [0.15, 0.2) is 29.3 Å². The number of carbonyl (C=O) groups is 2. The lowest BCUT2D eigenvalue weighted by atomic mass is 9.67. The van der Waals surface area contributed by atoms with Crippen LogP contribution in [0.2, 0.25) is 0 Å². The Bertz CT molecular complexity index is 752. The number of amides is 1. The second-order valence-corrected chi connectivity index (χ2v) is 7.01. The van der Waals surface area contributed by atoms with Crippen molar-refractivity contribution in [3.8, 4) is 11.5 Å². The van der Waals surface area contributed by atoms with Gasteiger partial charge in [0.05, 0.1) is 19.6 Å². The molecule has 1 unspecified atom stereocenters. The zero-order valence-electron chi connectivity index (χ0n) is 15.3. The van der Waals surface area contributed by atoms with E-state index in [-0.39, 0.29) is 11.7 Å². The molecule has 1 aromatic carbocycles. The zero-order valence-corrected chi connectivity index (χ0v) is 15.3. The molecule has 3 rings (SSSR count). The molecule has 1 fully saturated rings. The van der Waals surface area contributed by atoms with Crippen LogP contribution in [0.5, 0.6) is 11.5 Å². The topological polar surface area (TPSA) is 55.8 Å². The van der Waals surface area contributed by atoms with E-state index in [1.54, 1.807) is 14.2 Å². The van der Waals surface area contributed by atoms with Crippen LogP contribution in [-0.2, 0) is 16.1 Å². The number of allylic oxidation sites excluding steroid dienone is 1. The average molecular weight is 343 g/mol. The lowest BCUT2D eigenvalue weighted by Gasteiger charge is -2.44. The highest BCUT2D eigenvalue weighted by Gasteiger charge is 2.47. The number of fused-ring (bicyclic) bond motifs is 1. The minimum atomic E-state index is -0.546. The largest absolute Gasteiger partial charge is 0.497 e. The maximum Gasteiger partial charge on any atom is 0.232 e. The molecule has 134 valence electrons. The summed E-state index contributed by atoms with van der Waals surface area (Å²) < 4.78 is 10.7. The first-order valence-corrected chi connectivity index (χ1v) is 8.64. The van der Waals surface area contributed by atoms with Gasteiger partial charge < -0.3 is 14.4 Å². The highest BCUT2D eigenvalue weighted by atomic mass is 16.5. The Kier molecular flexibility index (Phi) is 4.58. The summed E-state index contributed by atoms with van der Waals surface area (Å²) in [5.74, 6) is 1.74. The standard InChI is InChI=1S/C20H25NO4/c1-13-16-8-10-21(19(23)20(16,2)9-7-17(13)22)12-14-5-6-15(24-3)11-18(14)25-4/h5-6,11H,7-10,12H2,1-4H3. The summed E-state index contributed by atoms with van der Waals surface area (Å²) in [5, 5.41) is 0. The second-order valence-electron chi connectivity index (χ2n) is 7.01. The van der Waals surface area contributed by atoms with E-state index < -0.39 is 5.41 Å². The van der Waals surface area contributed by atoms with E-state index in [9.17, 15) is 9.59 Å². The molecular formula is C20H25NO4. The van der Waals surface area contributed by atoms with E-state index in [1.165, 1.54) is 0 Å². The summed E-state index contributed by atoms with van der Waals surface area (Å²) in [6.45, 7) is 4.98. The molecule has 1 amide bonds. The van der Waals surface area contributed by atoms with Crippen molar-refractivity contribution in [2.24, 2.45) is 5.41 Å². The number of ketones is 1. The van der Waals surface area contributed by atoms with Crippen LogP contribution in [-0.4, -0.2) is 37.4 Å². The number of likely N-dealkylation sites (tertiary alicyclic amines) is 1. The van der Waals surface area contributed by atoms with E-state index in [2.05, 4.69) is 0 Å². The van der Waals surface area contributed by atoms with Crippen LogP contribution in [0.1, 0.15) is 38.7 Å². The molecule has 1 heterocycles. The summed E-state index contributed by atoms with van der Waals surface area (Å²) in [6.07, 6.45) is 1.82. The van der Waals surface area contributed by atoms with Crippen molar-refractivity contribution in [1.29, 1.82) is 0 Å². The number of carbonyl (C=O) groups excluding carboxylic acids is 2. The first-order chi connectivity index (χ1) is 11.9. The van der Waals surface area contributed by atoms with E-state index in [0.717, 1.165) is 28.9 Å². The molecule has 0 N–H and O–H groups in total. The maximum atomic E-state index is 13.2. The fourth-order valence-corrected chi connectivity index (χ4v) is 4.02. The Morgan fingerprint density at radius 2 is 1.92 bits per heavy atom.